The smallest absolute Gasteiger partial charge is 0.320 e. The van der Waals surface area contributed by atoms with Crippen LogP contribution in [0.5, 0.6) is 0 Å². The van der Waals surface area contributed by atoms with Gasteiger partial charge in [-0.2, -0.15) is 5.26 Å². The fourth-order valence-electron chi connectivity index (χ4n) is 1.32. The third kappa shape index (κ3) is 6.86. The second-order valence-electron chi connectivity index (χ2n) is 3.83. The molecule has 102 valence electrons. The Labute approximate surface area is 108 Å². The molecule has 0 aromatic heterocycles. The number of nitriles is 1. The van der Waals surface area contributed by atoms with Gasteiger partial charge in [-0.15, -0.1) is 0 Å². The summed E-state index contributed by atoms with van der Waals surface area (Å²) in [6.07, 6.45) is 0.312. The van der Waals surface area contributed by atoms with Gasteiger partial charge in [-0.1, -0.05) is 6.92 Å². The van der Waals surface area contributed by atoms with Gasteiger partial charge in [-0.3, -0.25) is 14.5 Å². The van der Waals surface area contributed by atoms with Gasteiger partial charge < -0.3 is 9.64 Å². The molecule has 6 heteroatoms. The Morgan fingerprint density at radius 3 is 2.44 bits per heavy atom. The summed E-state index contributed by atoms with van der Waals surface area (Å²) in [6, 6.07) is 1.99. The molecule has 0 saturated carbocycles. The number of rotatable bonds is 8. The summed E-state index contributed by atoms with van der Waals surface area (Å²) in [7, 11) is 1.65. The minimum Gasteiger partial charge on any atom is -0.465 e. The van der Waals surface area contributed by atoms with Crippen LogP contribution >= 0.6 is 0 Å². The van der Waals surface area contributed by atoms with Crippen LogP contribution < -0.4 is 0 Å². The lowest BCUT2D eigenvalue weighted by Crippen LogP contribution is -2.41. The highest BCUT2D eigenvalue weighted by Gasteiger charge is 2.16. The van der Waals surface area contributed by atoms with Gasteiger partial charge in [0.15, 0.2) is 0 Å². The van der Waals surface area contributed by atoms with Gasteiger partial charge in [0.05, 0.1) is 32.2 Å². The van der Waals surface area contributed by atoms with Gasteiger partial charge in [0, 0.05) is 13.6 Å². The van der Waals surface area contributed by atoms with Crippen molar-refractivity contribution < 1.29 is 14.3 Å². The third-order valence-corrected chi connectivity index (χ3v) is 2.45. The highest BCUT2D eigenvalue weighted by Crippen LogP contribution is 1.95. The fourth-order valence-corrected chi connectivity index (χ4v) is 1.32. The molecule has 6 nitrogen and oxygen atoms in total. The van der Waals surface area contributed by atoms with E-state index in [4.69, 9.17) is 10.00 Å². The molecule has 0 aromatic carbocycles. The molecule has 0 heterocycles. The Kier molecular flexibility index (Phi) is 8.58. The van der Waals surface area contributed by atoms with Crippen molar-refractivity contribution in [2.24, 2.45) is 0 Å². The summed E-state index contributed by atoms with van der Waals surface area (Å²) in [5.41, 5.74) is 0. The van der Waals surface area contributed by atoms with Gasteiger partial charge in [0.1, 0.15) is 0 Å². The van der Waals surface area contributed by atoms with E-state index in [1.165, 1.54) is 4.90 Å². The van der Waals surface area contributed by atoms with Crippen molar-refractivity contribution in [3.05, 3.63) is 0 Å². The summed E-state index contributed by atoms with van der Waals surface area (Å²) < 4.78 is 4.83. The van der Waals surface area contributed by atoms with Crippen molar-refractivity contribution in [3.63, 3.8) is 0 Å². The molecule has 0 aliphatic rings. The number of likely N-dealkylation sites (N-methyl/N-ethyl adjacent to an activating group) is 2. The Balaban J connectivity index is 4.15. The largest absolute Gasteiger partial charge is 0.465 e. The van der Waals surface area contributed by atoms with Gasteiger partial charge >= 0.3 is 5.97 Å². The van der Waals surface area contributed by atoms with E-state index in [1.54, 1.807) is 18.9 Å². The number of hydrogen-bond donors (Lipinski definition) is 0. The van der Waals surface area contributed by atoms with E-state index in [1.807, 2.05) is 13.0 Å². The van der Waals surface area contributed by atoms with Crippen LogP contribution in [0.1, 0.15) is 20.3 Å². The van der Waals surface area contributed by atoms with E-state index in [0.717, 1.165) is 0 Å². The van der Waals surface area contributed by atoms with Crippen LogP contribution in [-0.4, -0.2) is 61.5 Å². The summed E-state index contributed by atoms with van der Waals surface area (Å²) in [5.74, 6) is -0.428. The molecule has 0 radical (unpaired) electrons. The lowest BCUT2D eigenvalue weighted by molar-refractivity contribution is -0.145. The highest BCUT2D eigenvalue weighted by atomic mass is 16.5. The van der Waals surface area contributed by atoms with Crippen LogP contribution in [0.25, 0.3) is 0 Å². The van der Waals surface area contributed by atoms with E-state index < -0.39 is 0 Å². The molecule has 1 amide bonds. The first-order chi connectivity index (χ1) is 8.54. The number of carbonyl (C=O) groups is 2. The minimum atomic E-state index is -0.327. The second-order valence-corrected chi connectivity index (χ2v) is 3.83. The normalized spacial score (nSPS) is 9.94. The van der Waals surface area contributed by atoms with Gasteiger partial charge in [0.25, 0.3) is 0 Å². The number of esters is 1. The van der Waals surface area contributed by atoms with Crippen LogP contribution in [0.2, 0.25) is 0 Å². The average molecular weight is 255 g/mol. The zero-order chi connectivity index (χ0) is 14.0. The first-order valence-electron chi connectivity index (χ1n) is 6.04. The first kappa shape index (κ1) is 16.4. The molecule has 0 aromatic rings. The Morgan fingerprint density at radius 2 is 1.94 bits per heavy atom. The zero-order valence-corrected chi connectivity index (χ0v) is 11.3. The molecule has 0 rings (SSSR count). The third-order valence-electron chi connectivity index (χ3n) is 2.45. The van der Waals surface area contributed by atoms with Gasteiger partial charge in [-0.25, -0.2) is 0 Å². The van der Waals surface area contributed by atoms with Gasteiger partial charge in [-0.05, 0) is 13.5 Å². The number of hydrogen-bond acceptors (Lipinski definition) is 5. The van der Waals surface area contributed by atoms with Crippen molar-refractivity contribution in [1.29, 1.82) is 5.26 Å². The quantitative estimate of drug-likeness (QED) is 0.581. The molecular formula is C12H21N3O3. The van der Waals surface area contributed by atoms with Crippen LogP contribution in [0.4, 0.5) is 0 Å². The summed E-state index contributed by atoms with van der Waals surface area (Å²) in [4.78, 5) is 26.3. The van der Waals surface area contributed by atoms with Crippen molar-refractivity contribution in [2.45, 2.75) is 20.3 Å². The molecule has 0 fully saturated rings. The number of amides is 1. The molecule has 0 atom stereocenters. The molecule has 0 spiro atoms. The molecule has 0 unspecified atom stereocenters. The SMILES string of the molecule is CCOC(=O)CN(CC)CC(=O)N(C)CCC#N. The van der Waals surface area contributed by atoms with Crippen molar-refractivity contribution in [2.75, 3.05) is 39.8 Å². The van der Waals surface area contributed by atoms with Crippen LogP contribution in [-0.2, 0) is 14.3 Å². The minimum absolute atomic E-state index is 0.101. The predicted octanol–water partition coefficient (Wildman–Crippen LogP) is 0.243. The maximum Gasteiger partial charge on any atom is 0.320 e. The second kappa shape index (κ2) is 9.42. The molecule has 0 N–H and O–H groups in total. The highest BCUT2D eigenvalue weighted by molar-refractivity contribution is 5.79. The molecule has 0 aliphatic carbocycles. The Morgan fingerprint density at radius 1 is 1.28 bits per heavy atom. The summed E-state index contributed by atoms with van der Waals surface area (Å²) in [6.45, 7) is 5.24. The van der Waals surface area contributed by atoms with Crippen molar-refractivity contribution in [3.8, 4) is 6.07 Å². The van der Waals surface area contributed by atoms with E-state index >= 15 is 0 Å². The van der Waals surface area contributed by atoms with E-state index in [-0.39, 0.29) is 25.0 Å². The van der Waals surface area contributed by atoms with Gasteiger partial charge in [0.2, 0.25) is 5.91 Å². The Bertz CT molecular complexity index is 312. The summed E-state index contributed by atoms with van der Waals surface area (Å²) >= 11 is 0. The Hall–Kier alpha value is -1.61. The van der Waals surface area contributed by atoms with Crippen molar-refractivity contribution in [1.82, 2.24) is 9.80 Å². The van der Waals surface area contributed by atoms with E-state index in [2.05, 4.69) is 0 Å². The van der Waals surface area contributed by atoms with Crippen LogP contribution in [0.3, 0.4) is 0 Å². The van der Waals surface area contributed by atoms with Crippen LogP contribution in [0, 0.1) is 11.3 Å². The lowest BCUT2D eigenvalue weighted by atomic mass is 10.3. The predicted molar refractivity (Wildman–Crippen MR) is 66.6 cm³/mol. The number of carbonyl (C=O) groups excluding carboxylic acids is 2. The number of ether oxygens (including phenoxy) is 1. The van der Waals surface area contributed by atoms with Crippen LogP contribution in [0.15, 0.2) is 0 Å². The zero-order valence-electron chi connectivity index (χ0n) is 11.3. The summed E-state index contributed by atoms with van der Waals surface area (Å²) in [5, 5.41) is 8.44. The molecule has 0 aliphatic heterocycles. The average Bonchev–Trinajstić information content (AvgIpc) is 2.35. The topological polar surface area (TPSA) is 73.6 Å². The maximum atomic E-state index is 11.8. The first-order valence-corrected chi connectivity index (χ1v) is 6.04. The standard InChI is InChI=1S/C12H21N3O3/c1-4-15(10-12(17)18-5-2)9-11(16)14(3)8-6-7-13/h4-6,8-10H2,1-3H3. The molecule has 0 saturated heterocycles. The lowest BCUT2D eigenvalue weighted by Gasteiger charge is -2.22. The monoisotopic (exact) mass is 255 g/mol. The maximum absolute atomic E-state index is 11.8. The van der Waals surface area contributed by atoms with E-state index in [9.17, 15) is 9.59 Å². The van der Waals surface area contributed by atoms with Crippen molar-refractivity contribution >= 4 is 11.9 Å². The fraction of sp³-hybridized carbons (Fsp3) is 0.750. The number of nitrogens with zero attached hydrogens (tertiary/aromatic N) is 3. The molecule has 18 heavy (non-hydrogen) atoms. The van der Waals surface area contributed by atoms with E-state index in [0.29, 0.717) is 26.1 Å². The molecule has 0 bridgehead atoms. The molecular weight excluding hydrogens is 234 g/mol.